The first-order valence-corrected chi connectivity index (χ1v) is 19.0. The molecule has 1 aromatic heterocycles. The molecule has 0 aliphatic heterocycles. The standard InChI is InChI=1S/C54H35N/c1-5-17-36(18-6-1)39-29-31-45-49(33-39)48(38-21-9-3-10-22-38)35-50-42-25-13-16-28-46(42)54-53(44-27-15-14-26-43(44)52(45)50)47-32-30-40(37-19-7-2-8-20-37)34-51(47)55(54)41-23-11-4-12-24-41/h1-35H. The predicted molar refractivity (Wildman–Crippen MR) is 232 cm³/mol. The van der Waals surface area contributed by atoms with Gasteiger partial charge in [-0.1, -0.05) is 182 Å². The van der Waals surface area contributed by atoms with Gasteiger partial charge in [-0.2, -0.15) is 0 Å². The second kappa shape index (κ2) is 12.7. The van der Waals surface area contributed by atoms with Crippen molar-refractivity contribution in [2.24, 2.45) is 0 Å². The molecule has 1 heterocycles. The molecule has 1 heteroatoms. The van der Waals surface area contributed by atoms with Gasteiger partial charge in [-0.25, -0.2) is 0 Å². The highest BCUT2D eigenvalue weighted by atomic mass is 15.0. The quantitative estimate of drug-likeness (QED) is 0.173. The average molecular weight is 698 g/mol. The molecule has 0 saturated heterocycles. The molecule has 0 unspecified atom stereocenters. The molecular weight excluding hydrogens is 663 g/mol. The van der Waals surface area contributed by atoms with E-state index in [-0.39, 0.29) is 0 Å². The zero-order valence-corrected chi connectivity index (χ0v) is 30.2. The highest BCUT2D eigenvalue weighted by molar-refractivity contribution is 6.19. The van der Waals surface area contributed by atoms with Crippen molar-refractivity contribution < 1.29 is 0 Å². The molecule has 0 fully saturated rings. The highest BCUT2D eigenvalue weighted by Gasteiger charge is 2.30. The zero-order chi connectivity index (χ0) is 36.3. The van der Waals surface area contributed by atoms with Gasteiger partial charge in [0.05, 0.1) is 11.2 Å². The summed E-state index contributed by atoms with van der Waals surface area (Å²) in [6.45, 7) is 0. The maximum absolute atomic E-state index is 2.50. The van der Waals surface area contributed by atoms with Gasteiger partial charge < -0.3 is 4.57 Å². The molecule has 0 radical (unpaired) electrons. The first kappa shape index (κ1) is 31.3. The molecule has 0 N–H and O–H groups in total. The Morgan fingerprint density at radius 2 is 0.745 bits per heavy atom. The summed E-state index contributed by atoms with van der Waals surface area (Å²) >= 11 is 0. The molecule has 1 nitrogen and oxygen atoms in total. The summed E-state index contributed by atoms with van der Waals surface area (Å²) in [6, 6.07) is 77.9. The van der Waals surface area contributed by atoms with E-state index in [2.05, 4.69) is 217 Å². The summed E-state index contributed by atoms with van der Waals surface area (Å²) in [5.74, 6) is 0. The van der Waals surface area contributed by atoms with Crippen LogP contribution in [0.2, 0.25) is 0 Å². The Labute approximate surface area is 321 Å². The minimum atomic E-state index is 1.14. The highest BCUT2D eigenvalue weighted by Crippen LogP contribution is 2.55. The van der Waals surface area contributed by atoms with Crippen LogP contribution in [0, 0.1) is 0 Å². The molecule has 0 amide bonds. The normalized spacial score (nSPS) is 11.6. The first-order chi connectivity index (χ1) is 27.3. The minimum absolute atomic E-state index is 1.14. The number of nitrogens with zero attached hydrogens (tertiary/aromatic N) is 1. The van der Waals surface area contributed by atoms with E-state index in [1.165, 1.54) is 99.7 Å². The molecule has 0 saturated carbocycles. The molecular formula is C54H35N. The van der Waals surface area contributed by atoms with E-state index in [0.717, 1.165) is 5.69 Å². The summed E-state index contributed by atoms with van der Waals surface area (Å²) in [5, 5.41) is 3.74. The fourth-order valence-corrected chi connectivity index (χ4v) is 8.91. The van der Waals surface area contributed by atoms with Crippen LogP contribution in [0.4, 0.5) is 0 Å². The Hall–Kier alpha value is -7.22. The SMILES string of the molecule is c1ccc(-c2ccc3c4c(cc(-c5ccccc5)c3c2)-c2ccccc2-c2c(c3ccc(-c5ccccc5)cc3n2-c2ccccc2)-c2ccccc2-4)cc1. The van der Waals surface area contributed by atoms with Crippen molar-refractivity contribution >= 4 is 21.7 Å². The maximum atomic E-state index is 2.50. The average Bonchev–Trinajstić information content (AvgIpc) is 3.60. The topological polar surface area (TPSA) is 4.93 Å². The van der Waals surface area contributed by atoms with Crippen molar-refractivity contribution in [2.45, 2.75) is 0 Å². The van der Waals surface area contributed by atoms with E-state index in [9.17, 15) is 0 Å². The lowest BCUT2D eigenvalue weighted by Crippen LogP contribution is -2.02. The van der Waals surface area contributed by atoms with Crippen LogP contribution in [0.25, 0.3) is 105 Å². The third-order valence-electron chi connectivity index (χ3n) is 11.4. The summed E-state index contributed by atoms with van der Waals surface area (Å²) in [7, 11) is 0. The Balaban J connectivity index is 1.31. The molecule has 0 atom stereocenters. The molecule has 0 bridgehead atoms. The van der Waals surface area contributed by atoms with Crippen LogP contribution in [-0.2, 0) is 0 Å². The number of fused-ring (bicyclic) bond motifs is 12. The number of hydrogen-bond donors (Lipinski definition) is 0. The number of para-hydroxylation sites is 1. The molecule has 1 aliphatic carbocycles. The Morgan fingerprint density at radius 1 is 0.255 bits per heavy atom. The van der Waals surface area contributed by atoms with Gasteiger partial charge in [-0.05, 0) is 102 Å². The lowest BCUT2D eigenvalue weighted by atomic mass is 9.78. The van der Waals surface area contributed by atoms with Crippen LogP contribution in [0.15, 0.2) is 212 Å². The number of aromatic nitrogens is 1. The summed E-state index contributed by atoms with van der Waals surface area (Å²) < 4.78 is 2.50. The summed E-state index contributed by atoms with van der Waals surface area (Å²) in [6.07, 6.45) is 0. The van der Waals surface area contributed by atoms with Crippen molar-refractivity contribution in [2.75, 3.05) is 0 Å². The largest absolute Gasteiger partial charge is 0.309 e. The van der Waals surface area contributed by atoms with Crippen LogP contribution >= 0.6 is 0 Å². The van der Waals surface area contributed by atoms with E-state index in [4.69, 9.17) is 0 Å². The van der Waals surface area contributed by atoms with Crippen molar-refractivity contribution in [3.8, 4) is 83.7 Å². The van der Waals surface area contributed by atoms with Gasteiger partial charge in [0.15, 0.2) is 0 Å². The second-order valence-corrected chi connectivity index (χ2v) is 14.4. The van der Waals surface area contributed by atoms with E-state index in [0.29, 0.717) is 0 Å². The molecule has 0 spiro atoms. The lowest BCUT2D eigenvalue weighted by Gasteiger charge is -2.25. The monoisotopic (exact) mass is 697 g/mol. The molecule has 10 aromatic rings. The van der Waals surface area contributed by atoms with E-state index in [1.807, 2.05) is 0 Å². The zero-order valence-electron chi connectivity index (χ0n) is 30.2. The first-order valence-electron chi connectivity index (χ1n) is 19.0. The summed E-state index contributed by atoms with van der Waals surface area (Å²) in [4.78, 5) is 0. The lowest BCUT2D eigenvalue weighted by molar-refractivity contribution is 1.13. The third-order valence-corrected chi connectivity index (χ3v) is 11.4. The molecule has 256 valence electrons. The third kappa shape index (κ3) is 5.01. The van der Waals surface area contributed by atoms with Crippen LogP contribution in [0.5, 0.6) is 0 Å². The van der Waals surface area contributed by atoms with Gasteiger partial charge in [0.2, 0.25) is 0 Å². The van der Waals surface area contributed by atoms with E-state index >= 15 is 0 Å². The minimum Gasteiger partial charge on any atom is -0.309 e. The molecule has 11 rings (SSSR count). The van der Waals surface area contributed by atoms with Crippen LogP contribution in [-0.4, -0.2) is 4.57 Å². The predicted octanol–water partition coefficient (Wildman–Crippen LogP) is 14.8. The molecule has 55 heavy (non-hydrogen) atoms. The van der Waals surface area contributed by atoms with Crippen LogP contribution in [0.1, 0.15) is 0 Å². The summed E-state index contributed by atoms with van der Waals surface area (Å²) in [5.41, 5.74) is 19.5. The van der Waals surface area contributed by atoms with Crippen LogP contribution < -0.4 is 0 Å². The van der Waals surface area contributed by atoms with Gasteiger partial charge in [0.25, 0.3) is 0 Å². The van der Waals surface area contributed by atoms with Gasteiger partial charge in [-0.15, -0.1) is 0 Å². The number of rotatable bonds is 4. The van der Waals surface area contributed by atoms with E-state index in [1.54, 1.807) is 0 Å². The molecule has 9 aromatic carbocycles. The smallest absolute Gasteiger partial charge is 0.0625 e. The van der Waals surface area contributed by atoms with Crippen molar-refractivity contribution in [1.29, 1.82) is 0 Å². The van der Waals surface area contributed by atoms with Gasteiger partial charge in [-0.3, -0.25) is 0 Å². The Morgan fingerprint density at radius 3 is 1.38 bits per heavy atom. The molecule has 1 aliphatic rings. The van der Waals surface area contributed by atoms with Gasteiger partial charge in [0, 0.05) is 22.2 Å². The second-order valence-electron chi connectivity index (χ2n) is 14.4. The van der Waals surface area contributed by atoms with Crippen molar-refractivity contribution in [3.63, 3.8) is 0 Å². The Kier molecular flexibility index (Phi) is 7.25. The van der Waals surface area contributed by atoms with Crippen molar-refractivity contribution in [1.82, 2.24) is 4.57 Å². The fraction of sp³-hybridized carbons (Fsp3) is 0. The van der Waals surface area contributed by atoms with Gasteiger partial charge >= 0.3 is 0 Å². The number of benzene rings is 9. The van der Waals surface area contributed by atoms with Crippen LogP contribution in [0.3, 0.4) is 0 Å². The van der Waals surface area contributed by atoms with Crippen molar-refractivity contribution in [3.05, 3.63) is 212 Å². The van der Waals surface area contributed by atoms with E-state index < -0.39 is 0 Å². The number of hydrogen-bond acceptors (Lipinski definition) is 0. The Bertz CT molecular complexity index is 3050. The maximum Gasteiger partial charge on any atom is 0.0625 e. The fourth-order valence-electron chi connectivity index (χ4n) is 8.91. The van der Waals surface area contributed by atoms with Gasteiger partial charge in [0.1, 0.15) is 0 Å².